The van der Waals surface area contributed by atoms with Gasteiger partial charge in [-0.15, -0.1) is 0 Å². The Labute approximate surface area is 138 Å². The van der Waals surface area contributed by atoms with Crippen LogP contribution in [0.1, 0.15) is 41.1 Å². The molecule has 1 aromatic heterocycles. The summed E-state index contributed by atoms with van der Waals surface area (Å²) >= 11 is 8.58. The van der Waals surface area contributed by atoms with Gasteiger partial charge in [0, 0.05) is 11.5 Å². The average molecular weight is 399 g/mol. The number of halogens is 2. The fourth-order valence-electron chi connectivity index (χ4n) is 2.71. The minimum atomic E-state index is 0.576. The van der Waals surface area contributed by atoms with Crippen LogP contribution in [0.3, 0.4) is 0 Å². The first kappa shape index (κ1) is 14.3. The lowest BCUT2D eigenvalue weighted by atomic mass is 9.99. The second-order valence-corrected chi connectivity index (χ2v) is 7.02. The van der Waals surface area contributed by atoms with Gasteiger partial charge in [-0.2, -0.15) is 0 Å². The predicted octanol–water partition coefficient (Wildman–Crippen LogP) is 5.20. The van der Waals surface area contributed by atoms with E-state index in [1.54, 1.807) is 0 Å². The molecule has 0 spiro atoms. The van der Waals surface area contributed by atoms with Crippen LogP contribution in [0.2, 0.25) is 5.15 Å². The molecule has 0 amide bonds. The summed E-state index contributed by atoms with van der Waals surface area (Å²) in [5, 5.41) is 0.580. The molecule has 0 saturated heterocycles. The zero-order valence-electron chi connectivity index (χ0n) is 11.8. The maximum atomic E-state index is 6.32. The number of aryl methyl sites for hydroxylation is 3. The third-order valence-electron chi connectivity index (χ3n) is 3.70. The second kappa shape index (κ2) is 5.26. The van der Waals surface area contributed by atoms with Crippen molar-refractivity contribution in [2.45, 2.75) is 39.5 Å². The SMILES string of the molecule is Cc1cc(C)c(-c2nc(Cl)c(I)c(C3CC3)n2)c(C)c1. The molecule has 2 nitrogen and oxygen atoms in total. The van der Waals surface area contributed by atoms with Crippen LogP contribution in [0.25, 0.3) is 11.4 Å². The van der Waals surface area contributed by atoms with E-state index >= 15 is 0 Å². The zero-order valence-corrected chi connectivity index (χ0v) is 14.7. The highest BCUT2D eigenvalue weighted by molar-refractivity contribution is 14.1. The molecule has 0 unspecified atom stereocenters. The Balaban J connectivity index is 2.20. The van der Waals surface area contributed by atoms with Crippen LogP contribution in [-0.4, -0.2) is 9.97 Å². The van der Waals surface area contributed by atoms with E-state index in [0.717, 1.165) is 20.7 Å². The van der Waals surface area contributed by atoms with Gasteiger partial charge in [-0.25, -0.2) is 9.97 Å². The molecule has 0 aliphatic heterocycles. The maximum absolute atomic E-state index is 6.32. The molecule has 1 aliphatic carbocycles. The third-order valence-corrected chi connectivity index (χ3v) is 5.36. The first-order valence-corrected chi connectivity index (χ1v) is 8.24. The Morgan fingerprint density at radius 3 is 2.25 bits per heavy atom. The van der Waals surface area contributed by atoms with E-state index in [9.17, 15) is 0 Å². The molecule has 2 aromatic rings. The quantitative estimate of drug-likeness (QED) is 0.513. The molecule has 1 aromatic carbocycles. The van der Waals surface area contributed by atoms with E-state index in [2.05, 4.69) is 60.5 Å². The summed E-state index contributed by atoms with van der Waals surface area (Å²) in [4.78, 5) is 9.33. The largest absolute Gasteiger partial charge is 0.232 e. The van der Waals surface area contributed by atoms with Gasteiger partial charge >= 0.3 is 0 Å². The highest BCUT2D eigenvalue weighted by atomic mass is 127. The lowest BCUT2D eigenvalue weighted by Gasteiger charge is -2.13. The summed E-state index contributed by atoms with van der Waals surface area (Å²) in [5.41, 5.74) is 5.93. The first-order chi connectivity index (χ1) is 9.47. The van der Waals surface area contributed by atoms with Gasteiger partial charge in [-0.3, -0.25) is 0 Å². The number of benzene rings is 1. The van der Waals surface area contributed by atoms with Crippen molar-refractivity contribution in [1.29, 1.82) is 0 Å². The van der Waals surface area contributed by atoms with Gasteiger partial charge in [0.15, 0.2) is 5.82 Å². The molecule has 104 valence electrons. The van der Waals surface area contributed by atoms with Crippen LogP contribution in [-0.2, 0) is 0 Å². The van der Waals surface area contributed by atoms with Crippen LogP contribution in [0.15, 0.2) is 12.1 Å². The van der Waals surface area contributed by atoms with Gasteiger partial charge in [-0.1, -0.05) is 29.3 Å². The Hall–Kier alpha value is -0.680. The summed E-state index contributed by atoms with van der Waals surface area (Å²) in [6.07, 6.45) is 2.43. The van der Waals surface area contributed by atoms with E-state index in [1.807, 2.05) is 0 Å². The van der Waals surface area contributed by atoms with Gasteiger partial charge in [0.2, 0.25) is 0 Å². The van der Waals surface area contributed by atoms with E-state index in [-0.39, 0.29) is 0 Å². The second-order valence-electron chi connectivity index (χ2n) is 5.59. The fourth-order valence-corrected chi connectivity index (χ4v) is 3.57. The number of nitrogens with zero attached hydrogens (tertiary/aromatic N) is 2. The van der Waals surface area contributed by atoms with Crippen molar-refractivity contribution in [3.8, 4) is 11.4 Å². The van der Waals surface area contributed by atoms with Crippen molar-refractivity contribution in [3.05, 3.63) is 43.2 Å². The maximum Gasteiger partial charge on any atom is 0.161 e. The summed E-state index contributed by atoms with van der Waals surface area (Å²) in [7, 11) is 0. The van der Waals surface area contributed by atoms with Gasteiger partial charge < -0.3 is 0 Å². The molecule has 20 heavy (non-hydrogen) atoms. The minimum Gasteiger partial charge on any atom is -0.232 e. The lowest BCUT2D eigenvalue weighted by Crippen LogP contribution is -2.02. The average Bonchev–Trinajstić information content (AvgIpc) is 3.16. The smallest absolute Gasteiger partial charge is 0.161 e. The summed E-state index contributed by atoms with van der Waals surface area (Å²) in [5.74, 6) is 1.35. The third kappa shape index (κ3) is 2.58. The molecule has 0 atom stereocenters. The van der Waals surface area contributed by atoms with Crippen LogP contribution in [0, 0.1) is 24.3 Å². The lowest BCUT2D eigenvalue weighted by molar-refractivity contribution is 0.975. The summed E-state index contributed by atoms with van der Waals surface area (Å²) < 4.78 is 1.01. The first-order valence-electron chi connectivity index (χ1n) is 6.78. The van der Waals surface area contributed by atoms with Gasteiger partial charge in [0.1, 0.15) is 5.15 Å². The Bertz CT molecular complexity index is 670. The minimum absolute atomic E-state index is 0.576. The topological polar surface area (TPSA) is 25.8 Å². The molecule has 1 aliphatic rings. The standard InChI is InChI=1S/C16H16ClIN2/c1-8-6-9(2)12(10(3)7-8)16-19-14(11-4-5-11)13(18)15(17)20-16/h6-7,11H,4-5H2,1-3H3. The van der Waals surface area contributed by atoms with Gasteiger partial charge in [-0.05, 0) is 67.3 Å². The van der Waals surface area contributed by atoms with Crippen molar-refractivity contribution in [1.82, 2.24) is 9.97 Å². The van der Waals surface area contributed by atoms with E-state index in [1.165, 1.54) is 29.5 Å². The number of aromatic nitrogens is 2. The van der Waals surface area contributed by atoms with Crippen molar-refractivity contribution >= 4 is 34.2 Å². The number of rotatable bonds is 2. The van der Waals surface area contributed by atoms with Crippen molar-refractivity contribution < 1.29 is 0 Å². The molecule has 0 N–H and O–H groups in total. The summed E-state index contributed by atoms with van der Waals surface area (Å²) in [6, 6.07) is 4.35. The van der Waals surface area contributed by atoms with Crippen LogP contribution >= 0.6 is 34.2 Å². The Morgan fingerprint density at radius 2 is 1.70 bits per heavy atom. The zero-order chi connectivity index (χ0) is 14.4. The van der Waals surface area contributed by atoms with Crippen LogP contribution < -0.4 is 0 Å². The molecule has 4 heteroatoms. The normalized spacial score (nSPS) is 14.7. The molecule has 1 fully saturated rings. The van der Waals surface area contributed by atoms with Crippen molar-refractivity contribution in [2.75, 3.05) is 0 Å². The fraction of sp³-hybridized carbons (Fsp3) is 0.375. The molecule has 3 rings (SSSR count). The van der Waals surface area contributed by atoms with Gasteiger partial charge in [0.05, 0.1) is 9.26 Å². The van der Waals surface area contributed by atoms with E-state index in [0.29, 0.717) is 11.1 Å². The van der Waals surface area contributed by atoms with Gasteiger partial charge in [0.25, 0.3) is 0 Å². The highest BCUT2D eigenvalue weighted by Gasteiger charge is 2.29. The van der Waals surface area contributed by atoms with Crippen LogP contribution in [0.5, 0.6) is 0 Å². The molecule has 0 bridgehead atoms. The Morgan fingerprint density at radius 1 is 1.10 bits per heavy atom. The number of hydrogen-bond donors (Lipinski definition) is 0. The number of hydrogen-bond acceptors (Lipinski definition) is 2. The van der Waals surface area contributed by atoms with Crippen molar-refractivity contribution in [3.63, 3.8) is 0 Å². The summed E-state index contributed by atoms with van der Waals surface area (Å²) in [6.45, 7) is 6.34. The monoisotopic (exact) mass is 398 g/mol. The van der Waals surface area contributed by atoms with E-state index < -0.39 is 0 Å². The highest BCUT2D eigenvalue weighted by Crippen LogP contribution is 2.43. The Kier molecular flexibility index (Phi) is 3.75. The van der Waals surface area contributed by atoms with Crippen LogP contribution in [0.4, 0.5) is 0 Å². The van der Waals surface area contributed by atoms with E-state index in [4.69, 9.17) is 16.6 Å². The molecule has 1 heterocycles. The molecular formula is C16H16ClIN2. The predicted molar refractivity (Wildman–Crippen MR) is 91.4 cm³/mol. The van der Waals surface area contributed by atoms with Crippen molar-refractivity contribution in [2.24, 2.45) is 0 Å². The molecule has 1 saturated carbocycles. The molecular weight excluding hydrogens is 383 g/mol. The molecule has 0 radical (unpaired) electrons.